The van der Waals surface area contributed by atoms with Gasteiger partial charge in [0.05, 0.1) is 27.6 Å². The molecule has 0 spiro atoms. The van der Waals surface area contributed by atoms with Gasteiger partial charge in [-0.25, -0.2) is 5.01 Å². The lowest BCUT2D eigenvalue weighted by Gasteiger charge is -2.44. The number of Topliss-reactive ketones (excluding diaryl/α,β-unsaturated/α-hetero) is 1. The average Bonchev–Trinajstić information content (AvgIpc) is 2.75. The number of nitrogens with zero attached hydrogens (tertiary/aromatic N) is 3. The monoisotopic (exact) mass is 452 g/mol. The van der Waals surface area contributed by atoms with Crippen LogP contribution in [0.3, 0.4) is 0 Å². The Hall–Kier alpha value is -2.78. The smallest absolute Gasteiger partial charge is 0.162 e. The van der Waals surface area contributed by atoms with Crippen molar-refractivity contribution >= 4 is 29.0 Å². The zero-order chi connectivity index (χ0) is 22.3. The van der Waals surface area contributed by atoms with Gasteiger partial charge in [-0.2, -0.15) is 5.26 Å². The van der Waals surface area contributed by atoms with Gasteiger partial charge in [0.1, 0.15) is 5.82 Å². The number of hydrogen-bond acceptors (Lipinski definition) is 5. The van der Waals surface area contributed by atoms with Gasteiger partial charge in [0.25, 0.3) is 0 Å². The highest BCUT2D eigenvalue weighted by molar-refractivity contribution is 6.42. The van der Waals surface area contributed by atoms with E-state index in [2.05, 4.69) is 6.07 Å². The number of allylic oxidation sites excluding steroid dienone is 3. The molecule has 2 unspecified atom stereocenters. The number of hydrogen-bond donors (Lipinski definition) is 1. The lowest BCUT2D eigenvalue weighted by Crippen LogP contribution is -2.46. The Morgan fingerprint density at radius 3 is 2.45 bits per heavy atom. The molecule has 1 heterocycles. The normalized spacial score (nSPS) is 21.4. The summed E-state index contributed by atoms with van der Waals surface area (Å²) in [4.78, 5) is 13.6. The number of rotatable bonds is 3. The molecule has 4 rings (SSSR count). The Kier molecular flexibility index (Phi) is 5.81. The van der Waals surface area contributed by atoms with Crippen LogP contribution in [0, 0.1) is 11.3 Å². The Labute approximate surface area is 191 Å². The first-order valence-electron chi connectivity index (χ1n) is 9.97. The molecule has 1 aliphatic carbocycles. The van der Waals surface area contributed by atoms with Gasteiger partial charge in [-0.15, -0.1) is 0 Å². The third-order valence-corrected chi connectivity index (χ3v) is 6.74. The molecule has 31 heavy (non-hydrogen) atoms. The summed E-state index contributed by atoms with van der Waals surface area (Å²) in [5.41, 5.74) is 9.89. The van der Waals surface area contributed by atoms with E-state index in [4.69, 9.17) is 28.9 Å². The topological polar surface area (TPSA) is 73.4 Å². The van der Waals surface area contributed by atoms with Crippen molar-refractivity contribution in [1.82, 2.24) is 10.0 Å². The van der Waals surface area contributed by atoms with E-state index < -0.39 is 5.92 Å². The van der Waals surface area contributed by atoms with Gasteiger partial charge in [-0.3, -0.25) is 9.80 Å². The molecule has 0 radical (unpaired) electrons. The summed E-state index contributed by atoms with van der Waals surface area (Å²) < 4.78 is 0. The highest BCUT2D eigenvalue weighted by Gasteiger charge is 2.43. The van der Waals surface area contributed by atoms with Crippen LogP contribution in [0.2, 0.25) is 10.0 Å². The third-order valence-electron chi connectivity index (χ3n) is 5.90. The van der Waals surface area contributed by atoms with E-state index in [1.54, 1.807) is 28.2 Å². The van der Waals surface area contributed by atoms with Crippen molar-refractivity contribution in [3.05, 3.63) is 92.4 Å². The fraction of sp³-hybridized carbons (Fsp3) is 0.250. The van der Waals surface area contributed by atoms with Crippen LogP contribution in [0.1, 0.15) is 35.8 Å². The molecule has 0 saturated heterocycles. The second-order valence-corrected chi connectivity index (χ2v) is 8.73. The summed E-state index contributed by atoms with van der Waals surface area (Å²) in [5.74, 6) is -0.328. The number of halogens is 2. The van der Waals surface area contributed by atoms with E-state index in [-0.39, 0.29) is 11.7 Å². The van der Waals surface area contributed by atoms with Crippen LogP contribution in [-0.4, -0.2) is 29.9 Å². The lowest BCUT2D eigenvalue weighted by atomic mass is 9.72. The number of nitrogens with two attached hydrogens (primary N) is 1. The molecule has 0 aromatic heterocycles. The first kappa shape index (κ1) is 21.5. The molecule has 2 N–H and O–H groups in total. The van der Waals surface area contributed by atoms with Crippen LogP contribution in [0.4, 0.5) is 0 Å². The van der Waals surface area contributed by atoms with Crippen LogP contribution < -0.4 is 5.73 Å². The summed E-state index contributed by atoms with van der Waals surface area (Å²) in [6.45, 7) is 0. The minimum atomic E-state index is -0.647. The highest BCUT2D eigenvalue weighted by Crippen LogP contribution is 2.49. The quantitative estimate of drug-likeness (QED) is 0.711. The molecule has 0 bridgehead atoms. The highest BCUT2D eigenvalue weighted by atomic mass is 35.5. The zero-order valence-electron chi connectivity index (χ0n) is 17.3. The van der Waals surface area contributed by atoms with Gasteiger partial charge < -0.3 is 5.73 Å². The van der Waals surface area contributed by atoms with E-state index >= 15 is 0 Å². The van der Waals surface area contributed by atoms with Crippen molar-refractivity contribution < 1.29 is 4.79 Å². The first-order chi connectivity index (χ1) is 14.8. The van der Waals surface area contributed by atoms with Crippen LogP contribution in [-0.2, 0) is 4.79 Å². The standard InChI is InChI=1S/C24H22Cl2N4O/c1-29(2)30-19-11-15(14-7-4-3-5-8-14)12-20(31)22(19)21(17(13-27)24(30)28)16-9-6-10-18(25)23(16)26/h3-10,15,21H,11-12,28H2,1-2H3. The number of carbonyl (C=O) groups is 1. The molecule has 0 fully saturated rings. The van der Waals surface area contributed by atoms with Crippen molar-refractivity contribution in [2.75, 3.05) is 14.1 Å². The summed E-state index contributed by atoms with van der Waals surface area (Å²) in [6, 6.07) is 17.5. The molecule has 1 aliphatic heterocycles. The number of nitriles is 1. The predicted molar refractivity (Wildman–Crippen MR) is 122 cm³/mol. The summed E-state index contributed by atoms with van der Waals surface area (Å²) in [7, 11) is 3.69. The minimum absolute atomic E-state index is 0.0109. The van der Waals surface area contributed by atoms with Crippen molar-refractivity contribution in [1.29, 1.82) is 5.26 Å². The Balaban J connectivity index is 1.93. The van der Waals surface area contributed by atoms with Crippen molar-refractivity contribution in [3.8, 4) is 6.07 Å². The molecule has 2 atom stereocenters. The SMILES string of the molecule is CN(C)N1C(N)=C(C#N)C(c2cccc(Cl)c2Cl)C2=C1CC(c1ccccc1)CC2=O. The molecule has 7 heteroatoms. The molecule has 158 valence electrons. The average molecular weight is 453 g/mol. The third kappa shape index (κ3) is 3.61. The van der Waals surface area contributed by atoms with Crippen molar-refractivity contribution in [2.45, 2.75) is 24.7 Å². The summed E-state index contributed by atoms with van der Waals surface area (Å²) in [5, 5.41) is 14.3. The van der Waals surface area contributed by atoms with Gasteiger partial charge in [0.2, 0.25) is 0 Å². The molecule has 2 aliphatic rings. The second kappa shape index (κ2) is 8.39. The number of benzene rings is 2. The minimum Gasteiger partial charge on any atom is -0.383 e. The van der Waals surface area contributed by atoms with E-state index in [0.717, 1.165) is 11.3 Å². The molecular weight excluding hydrogens is 431 g/mol. The van der Waals surface area contributed by atoms with Crippen LogP contribution >= 0.6 is 23.2 Å². The zero-order valence-corrected chi connectivity index (χ0v) is 18.8. The summed E-state index contributed by atoms with van der Waals surface area (Å²) in [6.07, 6.45) is 0.981. The molecule has 2 aromatic carbocycles. The largest absolute Gasteiger partial charge is 0.383 e. The maximum Gasteiger partial charge on any atom is 0.162 e. The number of ketones is 1. The fourth-order valence-corrected chi connectivity index (χ4v) is 5.00. The number of carbonyl (C=O) groups excluding carboxylic acids is 1. The van der Waals surface area contributed by atoms with Gasteiger partial charge in [0, 0.05) is 31.8 Å². The lowest BCUT2D eigenvalue weighted by molar-refractivity contribution is -0.117. The Morgan fingerprint density at radius 1 is 1.10 bits per heavy atom. The first-order valence-corrected chi connectivity index (χ1v) is 10.7. The molecule has 0 saturated carbocycles. The molecule has 0 amide bonds. The molecule has 5 nitrogen and oxygen atoms in total. The van der Waals surface area contributed by atoms with E-state index in [1.165, 1.54) is 0 Å². The van der Waals surface area contributed by atoms with Crippen LogP contribution in [0.25, 0.3) is 0 Å². The molecule has 2 aromatic rings. The van der Waals surface area contributed by atoms with Crippen LogP contribution in [0.5, 0.6) is 0 Å². The number of hydrazine groups is 1. The van der Waals surface area contributed by atoms with Gasteiger partial charge >= 0.3 is 0 Å². The fourth-order valence-electron chi connectivity index (χ4n) is 4.58. The van der Waals surface area contributed by atoms with E-state index in [1.807, 2.05) is 44.4 Å². The van der Waals surface area contributed by atoms with Crippen molar-refractivity contribution in [2.24, 2.45) is 5.73 Å². The van der Waals surface area contributed by atoms with Gasteiger partial charge in [-0.1, -0.05) is 65.7 Å². The van der Waals surface area contributed by atoms with Crippen LogP contribution in [0.15, 0.2) is 71.2 Å². The summed E-state index contributed by atoms with van der Waals surface area (Å²) >= 11 is 12.8. The Morgan fingerprint density at radius 2 is 1.81 bits per heavy atom. The van der Waals surface area contributed by atoms with E-state index in [9.17, 15) is 10.1 Å². The molecular formula is C24H22Cl2N4O. The van der Waals surface area contributed by atoms with Crippen molar-refractivity contribution in [3.63, 3.8) is 0 Å². The van der Waals surface area contributed by atoms with E-state index in [0.29, 0.717) is 45.4 Å². The van der Waals surface area contributed by atoms with Gasteiger partial charge in [0.15, 0.2) is 5.78 Å². The predicted octanol–water partition coefficient (Wildman–Crippen LogP) is 4.96. The Bertz CT molecular complexity index is 1150. The maximum atomic E-state index is 13.6. The second-order valence-electron chi connectivity index (χ2n) is 7.95. The van der Waals surface area contributed by atoms with Gasteiger partial charge in [-0.05, 0) is 29.5 Å². The maximum absolute atomic E-state index is 13.6.